The molecule has 0 heterocycles. The molecule has 2 rings (SSSR count). The predicted molar refractivity (Wildman–Crippen MR) is 93.2 cm³/mol. The van der Waals surface area contributed by atoms with E-state index in [0.717, 1.165) is 17.7 Å². The first-order valence-corrected chi connectivity index (χ1v) is 7.94. The topological polar surface area (TPSA) is 72.6 Å². The molecule has 0 aliphatic carbocycles. The van der Waals surface area contributed by atoms with E-state index in [9.17, 15) is 14.0 Å². The average molecular weight is 344 g/mol. The summed E-state index contributed by atoms with van der Waals surface area (Å²) in [6.45, 7) is 3.80. The zero-order valence-corrected chi connectivity index (χ0v) is 14.2. The molecule has 2 aromatic rings. The Hall–Kier alpha value is -2.89. The van der Waals surface area contributed by atoms with E-state index in [-0.39, 0.29) is 23.2 Å². The lowest BCUT2D eigenvalue weighted by atomic mass is 10.2. The van der Waals surface area contributed by atoms with Gasteiger partial charge in [-0.2, -0.15) is 0 Å². The monoisotopic (exact) mass is 344 g/mol. The number of anilines is 1. The maximum absolute atomic E-state index is 13.0. The molecule has 1 amide bonds. The number of carbonyl (C=O) groups is 2. The second kappa shape index (κ2) is 8.28. The number of esters is 1. The molecule has 2 N–H and O–H groups in total. The van der Waals surface area contributed by atoms with Gasteiger partial charge in [-0.15, -0.1) is 0 Å². The number of amides is 1. The number of hydrogen-bond acceptors (Lipinski definition) is 4. The van der Waals surface area contributed by atoms with E-state index in [0.29, 0.717) is 6.54 Å². The third-order valence-corrected chi connectivity index (χ3v) is 3.70. The van der Waals surface area contributed by atoms with Crippen molar-refractivity contribution in [3.8, 4) is 0 Å². The van der Waals surface area contributed by atoms with Crippen molar-refractivity contribution in [3.05, 3.63) is 65.5 Å². The van der Waals surface area contributed by atoms with Gasteiger partial charge in [0.2, 0.25) is 0 Å². The number of hydrogen-bond donors (Lipinski definition) is 1. The van der Waals surface area contributed by atoms with Crippen LogP contribution in [0, 0.1) is 5.82 Å². The fourth-order valence-corrected chi connectivity index (χ4v) is 2.35. The average Bonchev–Trinajstić information content (AvgIpc) is 2.58. The van der Waals surface area contributed by atoms with E-state index in [1.54, 1.807) is 4.90 Å². The maximum Gasteiger partial charge on any atom is 0.340 e. The summed E-state index contributed by atoms with van der Waals surface area (Å²) < 4.78 is 18.1. The molecule has 0 unspecified atom stereocenters. The number of nitrogens with zero attached hydrogens (tertiary/aromatic N) is 1. The lowest BCUT2D eigenvalue weighted by Crippen LogP contribution is -2.39. The third-order valence-electron chi connectivity index (χ3n) is 3.70. The molecular formula is C19H21FN2O3. The Labute approximate surface area is 146 Å². The molecule has 0 aliphatic heterocycles. The fourth-order valence-electron chi connectivity index (χ4n) is 2.35. The molecule has 5 nitrogen and oxygen atoms in total. The van der Waals surface area contributed by atoms with Crippen LogP contribution in [0.5, 0.6) is 0 Å². The van der Waals surface area contributed by atoms with Gasteiger partial charge >= 0.3 is 5.97 Å². The molecule has 6 heteroatoms. The molecule has 0 radical (unpaired) electrons. The van der Waals surface area contributed by atoms with E-state index in [2.05, 4.69) is 0 Å². The molecule has 0 aliphatic rings. The van der Waals surface area contributed by atoms with Gasteiger partial charge in [-0.3, -0.25) is 4.79 Å². The summed E-state index contributed by atoms with van der Waals surface area (Å²) in [7, 11) is 0. The first-order valence-electron chi connectivity index (χ1n) is 7.94. The van der Waals surface area contributed by atoms with Gasteiger partial charge in [0.05, 0.1) is 5.56 Å². The van der Waals surface area contributed by atoms with Crippen molar-refractivity contribution >= 4 is 17.6 Å². The lowest BCUT2D eigenvalue weighted by molar-refractivity contribution is -0.136. The van der Waals surface area contributed by atoms with Crippen LogP contribution in [-0.4, -0.2) is 29.4 Å². The maximum atomic E-state index is 13.0. The minimum atomic E-state index is -0.755. The van der Waals surface area contributed by atoms with Crippen molar-refractivity contribution in [2.45, 2.75) is 26.4 Å². The van der Waals surface area contributed by atoms with E-state index in [1.165, 1.54) is 6.07 Å². The van der Waals surface area contributed by atoms with Crippen molar-refractivity contribution in [2.24, 2.45) is 0 Å². The first-order chi connectivity index (χ1) is 11.9. The Balaban J connectivity index is 2.00. The van der Waals surface area contributed by atoms with Gasteiger partial charge in [-0.05, 0) is 37.6 Å². The molecule has 0 bridgehead atoms. The number of ether oxygens (including phenoxy) is 1. The van der Waals surface area contributed by atoms with E-state index < -0.39 is 18.4 Å². The summed E-state index contributed by atoms with van der Waals surface area (Å²) in [5.41, 5.74) is 6.60. The zero-order valence-electron chi connectivity index (χ0n) is 14.2. The van der Waals surface area contributed by atoms with Crippen LogP contribution >= 0.6 is 0 Å². The van der Waals surface area contributed by atoms with Crippen molar-refractivity contribution in [1.82, 2.24) is 4.90 Å². The minimum absolute atomic E-state index is 0.0255. The van der Waals surface area contributed by atoms with Crippen LogP contribution < -0.4 is 5.73 Å². The van der Waals surface area contributed by atoms with Gasteiger partial charge in [0.25, 0.3) is 5.91 Å². The smallest absolute Gasteiger partial charge is 0.340 e. The summed E-state index contributed by atoms with van der Waals surface area (Å²) in [4.78, 5) is 26.1. The highest BCUT2D eigenvalue weighted by Gasteiger charge is 2.20. The van der Waals surface area contributed by atoms with Crippen LogP contribution in [0.2, 0.25) is 0 Å². The number of nitrogens with two attached hydrogens (primary N) is 1. The highest BCUT2D eigenvalue weighted by molar-refractivity contribution is 5.96. The van der Waals surface area contributed by atoms with Crippen LogP contribution in [0.25, 0.3) is 0 Å². The molecule has 2 aromatic carbocycles. The summed E-state index contributed by atoms with van der Waals surface area (Å²) in [5, 5.41) is 0. The van der Waals surface area contributed by atoms with Crippen molar-refractivity contribution in [1.29, 1.82) is 0 Å². The Bertz CT molecular complexity index is 748. The van der Waals surface area contributed by atoms with Crippen LogP contribution in [-0.2, 0) is 16.1 Å². The van der Waals surface area contributed by atoms with E-state index in [4.69, 9.17) is 10.5 Å². The van der Waals surface area contributed by atoms with Crippen LogP contribution in [0.1, 0.15) is 29.8 Å². The summed E-state index contributed by atoms with van der Waals surface area (Å²) in [5.74, 6) is -1.61. The Morgan fingerprint density at radius 2 is 1.84 bits per heavy atom. The Morgan fingerprint density at radius 1 is 1.16 bits per heavy atom. The van der Waals surface area contributed by atoms with Gasteiger partial charge in [0.15, 0.2) is 6.61 Å². The van der Waals surface area contributed by atoms with Gasteiger partial charge in [-0.1, -0.05) is 30.3 Å². The van der Waals surface area contributed by atoms with Gasteiger partial charge in [-0.25, -0.2) is 9.18 Å². The summed E-state index contributed by atoms with van der Waals surface area (Å²) in [6, 6.07) is 12.9. The van der Waals surface area contributed by atoms with E-state index in [1.807, 2.05) is 44.2 Å². The molecule has 0 saturated heterocycles. The quantitative estimate of drug-likeness (QED) is 0.646. The number of benzene rings is 2. The summed E-state index contributed by atoms with van der Waals surface area (Å²) in [6.07, 6.45) is 0. The van der Waals surface area contributed by atoms with Gasteiger partial charge < -0.3 is 15.4 Å². The highest BCUT2D eigenvalue weighted by atomic mass is 19.1. The first kappa shape index (κ1) is 18.4. The zero-order chi connectivity index (χ0) is 18.4. The molecule has 0 aromatic heterocycles. The van der Waals surface area contributed by atoms with Gasteiger partial charge in [0.1, 0.15) is 5.82 Å². The molecule has 0 fully saturated rings. The minimum Gasteiger partial charge on any atom is -0.452 e. The SMILES string of the molecule is CC(C)N(Cc1ccccc1)C(=O)COC(=O)c1ccc(F)cc1N. The molecule has 0 saturated carbocycles. The van der Waals surface area contributed by atoms with Crippen LogP contribution in [0.15, 0.2) is 48.5 Å². The fraction of sp³-hybridized carbons (Fsp3) is 0.263. The number of halogens is 1. The normalized spacial score (nSPS) is 10.6. The third kappa shape index (κ3) is 5.04. The number of carbonyl (C=O) groups excluding carboxylic acids is 2. The predicted octanol–water partition coefficient (Wildman–Crippen LogP) is 3.00. The van der Waals surface area contributed by atoms with Crippen molar-refractivity contribution in [2.75, 3.05) is 12.3 Å². The highest BCUT2D eigenvalue weighted by Crippen LogP contribution is 2.15. The number of rotatable bonds is 6. The molecule has 132 valence electrons. The molecule has 0 spiro atoms. The molecule has 25 heavy (non-hydrogen) atoms. The van der Waals surface area contributed by atoms with Crippen LogP contribution in [0.4, 0.5) is 10.1 Å². The standard InChI is InChI=1S/C19H21FN2O3/c1-13(2)22(11-14-6-4-3-5-7-14)18(23)12-25-19(24)16-9-8-15(20)10-17(16)21/h3-10,13H,11-12,21H2,1-2H3. The Morgan fingerprint density at radius 3 is 2.44 bits per heavy atom. The second-order valence-electron chi connectivity index (χ2n) is 5.91. The van der Waals surface area contributed by atoms with Gasteiger partial charge in [0, 0.05) is 18.3 Å². The Kier molecular flexibility index (Phi) is 6.11. The van der Waals surface area contributed by atoms with Crippen molar-refractivity contribution in [3.63, 3.8) is 0 Å². The largest absolute Gasteiger partial charge is 0.452 e. The summed E-state index contributed by atoms with van der Waals surface area (Å²) >= 11 is 0. The lowest BCUT2D eigenvalue weighted by Gasteiger charge is -2.26. The molecule has 0 atom stereocenters. The van der Waals surface area contributed by atoms with Crippen LogP contribution in [0.3, 0.4) is 0 Å². The van der Waals surface area contributed by atoms with E-state index >= 15 is 0 Å². The number of nitrogen functional groups attached to an aromatic ring is 1. The van der Waals surface area contributed by atoms with Crippen molar-refractivity contribution < 1.29 is 18.7 Å². The second-order valence-corrected chi connectivity index (χ2v) is 5.91. The molecular weight excluding hydrogens is 323 g/mol.